The summed E-state index contributed by atoms with van der Waals surface area (Å²) in [6.07, 6.45) is 15.1. The summed E-state index contributed by atoms with van der Waals surface area (Å²) in [5, 5.41) is 4.05. The molecule has 1 aromatic carbocycles. The number of benzene rings is 1. The molecule has 2 rings (SSSR count). The van der Waals surface area contributed by atoms with Gasteiger partial charge in [-0.1, -0.05) is 36.4 Å². The van der Waals surface area contributed by atoms with Gasteiger partial charge < -0.3 is 5.43 Å². The zero-order valence-corrected chi connectivity index (χ0v) is 14.2. The van der Waals surface area contributed by atoms with Gasteiger partial charge in [0.15, 0.2) is 0 Å². The first-order chi connectivity index (χ1) is 11.9. The van der Waals surface area contributed by atoms with Crippen LogP contribution in [0.2, 0.25) is 0 Å². The summed E-state index contributed by atoms with van der Waals surface area (Å²) in [4.78, 5) is 9.03. The summed E-state index contributed by atoms with van der Waals surface area (Å²) in [6.45, 7) is 7.16. The lowest BCUT2D eigenvalue weighted by atomic mass is 9.95. The molecule has 1 aliphatic rings. The quantitative estimate of drug-likeness (QED) is 0.338. The molecule has 0 unspecified atom stereocenters. The van der Waals surface area contributed by atoms with Gasteiger partial charge in [-0.2, -0.15) is 5.10 Å². The van der Waals surface area contributed by atoms with Crippen LogP contribution in [0.15, 0.2) is 70.4 Å². The van der Waals surface area contributed by atoms with Crippen LogP contribution < -0.4 is 5.43 Å². The van der Waals surface area contributed by atoms with Crippen LogP contribution in [0.5, 0.6) is 0 Å². The molecule has 0 radical (unpaired) electrons. The Kier molecular flexibility index (Phi) is 7.41. The number of nitrogens with zero attached hydrogens (tertiary/aromatic N) is 3. The molecule has 0 aromatic heterocycles. The summed E-state index contributed by atoms with van der Waals surface area (Å²) in [5.74, 6) is 0. The van der Waals surface area contributed by atoms with Crippen molar-refractivity contribution in [1.29, 1.82) is 0 Å². The molecular formula is C20H24N4. The molecule has 0 fully saturated rings. The molecule has 0 atom stereocenters. The zero-order chi connectivity index (χ0) is 17.0. The fourth-order valence-corrected chi connectivity index (χ4v) is 2.40. The van der Waals surface area contributed by atoms with E-state index in [0.29, 0.717) is 6.54 Å². The fourth-order valence-electron chi connectivity index (χ4n) is 2.40. The van der Waals surface area contributed by atoms with E-state index in [1.54, 1.807) is 6.08 Å². The van der Waals surface area contributed by atoms with Gasteiger partial charge in [0, 0.05) is 42.7 Å². The van der Waals surface area contributed by atoms with Crippen molar-refractivity contribution in [2.45, 2.75) is 19.8 Å². The third kappa shape index (κ3) is 5.16. The Bertz CT molecular complexity index is 694. The van der Waals surface area contributed by atoms with E-state index in [1.807, 2.05) is 43.8 Å². The van der Waals surface area contributed by atoms with Crippen LogP contribution in [-0.4, -0.2) is 31.2 Å². The molecule has 1 heterocycles. The number of aliphatic imine (C=N–C) groups is 2. The molecule has 0 amide bonds. The number of rotatable bonds is 8. The maximum Gasteiger partial charge on any atom is 0.0705 e. The summed E-state index contributed by atoms with van der Waals surface area (Å²) in [7, 11) is 0. The molecule has 1 aromatic rings. The minimum atomic E-state index is 0.671. The molecule has 124 valence electrons. The van der Waals surface area contributed by atoms with E-state index >= 15 is 0 Å². The normalized spacial score (nSPS) is 14.6. The molecular weight excluding hydrogens is 296 g/mol. The van der Waals surface area contributed by atoms with Crippen LogP contribution >= 0.6 is 0 Å². The van der Waals surface area contributed by atoms with E-state index in [2.05, 4.69) is 45.3 Å². The lowest BCUT2D eigenvalue weighted by molar-refractivity contribution is 0.829. The van der Waals surface area contributed by atoms with Gasteiger partial charge in [0.05, 0.1) is 12.3 Å². The topological polar surface area (TPSA) is 49.1 Å². The maximum atomic E-state index is 4.62. The Labute approximate surface area is 144 Å². The second-order valence-corrected chi connectivity index (χ2v) is 5.26. The summed E-state index contributed by atoms with van der Waals surface area (Å²) < 4.78 is 0. The number of allylic oxidation sites excluding steroid dienone is 3. The Balaban J connectivity index is 2.11. The third-order valence-electron chi connectivity index (χ3n) is 3.51. The Morgan fingerprint density at radius 3 is 3.17 bits per heavy atom. The Hall–Kier alpha value is -2.75. The predicted octanol–water partition coefficient (Wildman–Crippen LogP) is 3.69. The molecule has 0 spiro atoms. The average molecular weight is 320 g/mol. The van der Waals surface area contributed by atoms with E-state index in [1.165, 1.54) is 11.1 Å². The Morgan fingerprint density at radius 1 is 1.42 bits per heavy atom. The SMILES string of the molecule is C=CCN/N=C\C/C=C/N=C(/C=C/C)c1cccc2c1C=NCC2. The molecule has 0 saturated carbocycles. The molecule has 0 saturated heterocycles. The summed E-state index contributed by atoms with van der Waals surface area (Å²) >= 11 is 0. The molecule has 4 heteroatoms. The standard InChI is InChI=1S/C20H24N4/c1-3-8-20(22-13-5-6-14-24-23-12-4-2)18-10-7-9-17-11-15-21-16-19(17)18/h3-5,7-10,13-14,16,23H,2,6,11-12,15H2,1H3/b8-3+,13-5+,22-20-,24-14-. The Morgan fingerprint density at radius 2 is 2.33 bits per heavy atom. The number of fused-ring (bicyclic) bond motifs is 1. The van der Waals surface area contributed by atoms with E-state index in [9.17, 15) is 0 Å². The first-order valence-corrected chi connectivity index (χ1v) is 8.19. The van der Waals surface area contributed by atoms with Gasteiger partial charge in [0.2, 0.25) is 0 Å². The van der Waals surface area contributed by atoms with Crippen molar-refractivity contribution in [3.05, 3.63) is 72.0 Å². The van der Waals surface area contributed by atoms with Crippen molar-refractivity contribution in [1.82, 2.24) is 5.43 Å². The highest BCUT2D eigenvalue weighted by molar-refractivity contribution is 6.13. The highest BCUT2D eigenvalue weighted by Gasteiger charge is 2.12. The molecule has 1 aliphatic heterocycles. The fraction of sp³-hybridized carbons (Fsp3) is 0.250. The van der Waals surface area contributed by atoms with Crippen LogP contribution in [-0.2, 0) is 6.42 Å². The lowest BCUT2D eigenvalue weighted by Gasteiger charge is -2.14. The number of hydrazone groups is 1. The minimum Gasteiger partial charge on any atom is -0.307 e. The van der Waals surface area contributed by atoms with Crippen molar-refractivity contribution in [2.75, 3.05) is 13.1 Å². The van der Waals surface area contributed by atoms with Gasteiger partial charge in [-0.25, -0.2) is 0 Å². The largest absolute Gasteiger partial charge is 0.307 e. The summed E-state index contributed by atoms with van der Waals surface area (Å²) in [6, 6.07) is 6.36. The van der Waals surface area contributed by atoms with Gasteiger partial charge >= 0.3 is 0 Å². The second kappa shape index (κ2) is 10.1. The maximum absolute atomic E-state index is 4.62. The monoisotopic (exact) mass is 320 g/mol. The van der Waals surface area contributed by atoms with Gasteiger partial charge in [-0.3, -0.25) is 9.98 Å². The van der Waals surface area contributed by atoms with Crippen LogP contribution in [0.4, 0.5) is 0 Å². The number of nitrogens with one attached hydrogen (secondary N) is 1. The van der Waals surface area contributed by atoms with Crippen LogP contribution in [0.3, 0.4) is 0 Å². The third-order valence-corrected chi connectivity index (χ3v) is 3.51. The number of hydrogen-bond acceptors (Lipinski definition) is 4. The zero-order valence-electron chi connectivity index (χ0n) is 14.2. The molecule has 4 nitrogen and oxygen atoms in total. The van der Waals surface area contributed by atoms with Crippen molar-refractivity contribution in [3.63, 3.8) is 0 Å². The van der Waals surface area contributed by atoms with Crippen molar-refractivity contribution in [3.8, 4) is 0 Å². The van der Waals surface area contributed by atoms with Crippen LogP contribution in [0.25, 0.3) is 0 Å². The smallest absolute Gasteiger partial charge is 0.0705 e. The number of hydrogen-bond donors (Lipinski definition) is 1. The predicted molar refractivity (Wildman–Crippen MR) is 104 cm³/mol. The molecule has 24 heavy (non-hydrogen) atoms. The summed E-state index contributed by atoms with van der Waals surface area (Å²) in [5.41, 5.74) is 7.46. The molecule has 0 bridgehead atoms. The lowest BCUT2D eigenvalue weighted by Crippen LogP contribution is -2.09. The van der Waals surface area contributed by atoms with Gasteiger partial charge in [0.1, 0.15) is 0 Å². The molecule has 0 aliphatic carbocycles. The van der Waals surface area contributed by atoms with Gasteiger partial charge in [0.25, 0.3) is 0 Å². The molecule has 1 N–H and O–H groups in total. The second-order valence-electron chi connectivity index (χ2n) is 5.26. The van der Waals surface area contributed by atoms with Gasteiger partial charge in [-0.15, -0.1) is 6.58 Å². The van der Waals surface area contributed by atoms with Gasteiger partial charge in [-0.05, 0) is 25.0 Å². The van der Waals surface area contributed by atoms with Crippen molar-refractivity contribution >= 4 is 18.1 Å². The van der Waals surface area contributed by atoms with E-state index in [-0.39, 0.29) is 0 Å². The first kappa shape index (κ1) is 17.6. The van der Waals surface area contributed by atoms with E-state index in [4.69, 9.17) is 0 Å². The van der Waals surface area contributed by atoms with E-state index < -0.39 is 0 Å². The van der Waals surface area contributed by atoms with Crippen molar-refractivity contribution < 1.29 is 0 Å². The average Bonchev–Trinajstić information content (AvgIpc) is 2.62. The minimum absolute atomic E-state index is 0.671. The first-order valence-electron chi connectivity index (χ1n) is 8.19. The van der Waals surface area contributed by atoms with Crippen LogP contribution in [0, 0.1) is 0 Å². The highest BCUT2D eigenvalue weighted by Crippen LogP contribution is 2.18. The van der Waals surface area contributed by atoms with Crippen LogP contribution in [0.1, 0.15) is 30.0 Å². The van der Waals surface area contributed by atoms with E-state index in [0.717, 1.165) is 30.7 Å². The van der Waals surface area contributed by atoms with Crippen molar-refractivity contribution in [2.24, 2.45) is 15.1 Å². The highest BCUT2D eigenvalue weighted by atomic mass is 15.3.